The van der Waals surface area contributed by atoms with Crippen LogP contribution in [-0.4, -0.2) is 32.4 Å². The van der Waals surface area contributed by atoms with E-state index in [1.807, 2.05) is 0 Å². The number of carbonyl (C=O) groups excluding carboxylic acids is 3. The predicted octanol–water partition coefficient (Wildman–Crippen LogP) is 1.07. The summed E-state index contributed by atoms with van der Waals surface area (Å²) in [4.78, 5) is 33.2. The van der Waals surface area contributed by atoms with Crippen LogP contribution in [-0.2, 0) is 9.47 Å². The third-order valence-electron chi connectivity index (χ3n) is 2.01. The highest BCUT2D eigenvalue weighted by Crippen LogP contribution is 2.12. The van der Waals surface area contributed by atoms with Crippen LogP contribution >= 0.6 is 0 Å². The Kier molecular flexibility index (Phi) is 3.77. The Morgan fingerprint density at radius 1 is 1.12 bits per heavy atom. The van der Waals surface area contributed by atoms with Gasteiger partial charge in [0.15, 0.2) is 6.29 Å². The lowest BCUT2D eigenvalue weighted by Gasteiger charge is -2.05. The molecule has 1 rings (SSSR count). The normalized spacial score (nSPS) is 9.38. The van der Waals surface area contributed by atoms with Gasteiger partial charge in [-0.15, -0.1) is 0 Å². The van der Waals surface area contributed by atoms with Gasteiger partial charge in [-0.05, 0) is 18.2 Å². The maximum atomic E-state index is 11.3. The highest BCUT2D eigenvalue weighted by Gasteiger charge is 2.15. The van der Waals surface area contributed by atoms with Crippen molar-refractivity contribution in [3.05, 3.63) is 34.9 Å². The van der Waals surface area contributed by atoms with Crippen LogP contribution in [0, 0.1) is 0 Å². The van der Waals surface area contributed by atoms with Crippen LogP contribution in [0.25, 0.3) is 0 Å². The van der Waals surface area contributed by atoms with Crippen molar-refractivity contribution in [2.24, 2.45) is 0 Å². The molecule has 0 N–H and O–H groups in total. The molecule has 84 valence electrons. The molecule has 0 bridgehead atoms. The molecule has 5 heteroatoms. The van der Waals surface area contributed by atoms with Crippen LogP contribution in [0.3, 0.4) is 0 Å². The lowest BCUT2D eigenvalue weighted by Crippen LogP contribution is -2.09. The van der Waals surface area contributed by atoms with E-state index in [0.717, 1.165) is 0 Å². The second kappa shape index (κ2) is 5.06. The lowest BCUT2D eigenvalue weighted by atomic mass is 10.0. The van der Waals surface area contributed by atoms with Crippen LogP contribution in [0.1, 0.15) is 31.1 Å². The third-order valence-corrected chi connectivity index (χ3v) is 2.01. The number of methoxy groups -OCH3 is 2. The van der Waals surface area contributed by atoms with Crippen molar-refractivity contribution in [1.29, 1.82) is 0 Å². The first-order chi connectivity index (χ1) is 7.63. The fourth-order valence-corrected chi connectivity index (χ4v) is 1.19. The highest BCUT2D eigenvalue weighted by molar-refractivity contribution is 6.01. The molecular formula is C11H10O5. The molecule has 1 aromatic carbocycles. The van der Waals surface area contributed by atoms with Crippen LogP contribution in [0.5, 0.6) is 0 Å². The third kappa shape index (κ3) is 2.25. The van der Waals surface area contributed by atoms with Crippen molar-refractivity contribution in [2.45, 2.75) is 0 Å². The van der Waals surface area contributed by atoms with Gasteiger partial charge in [-0.2, -0.15) is 0 Å². The van der Waals surface area contributed by atoms with E-state index in [-0.39, 0.29) is 16.7 Å². The molecule has 16 heavy (non-hydrogen) atoms. The van der Waals surface area contributed by atoms with Crippen molar-refractivity contribution < 1.29 is 23.9 Å². The molecule has 0 aromatic heterocycles. The molecule has 0 saturated carbocycles. The van der Waals surface area contributed by atoms with Crippen molar-refractivity contribution >= 4 is 18.2 Å². The summed E-state index contributed by atoms with van der Waals surface area (Å²) in [5.41, 5.74) is 0.397. The Morgan fingerprint density at radius 3 is 2.25 bits per heavy atom. The van der Waals surface area contributed by atoms with Gasteiger partial charge in [0, 0.05) is 5.56 Å². The fraction of sp³-hybridized carbons (Fsp3) is 0.182. The van der Waals surface area contributed by atoms with Gasteiger partial charge in [0.25, 0.3) is 0 Å². The Morgan fingerprint density at radius 2 is 1.75 bits per heavy atom. The quantitative estimate of drug-likeness (QED) is 0.565. The molecule has 0 radical (unpaired) electrons. The molecule has 0 spiro atoms. The summed E-state index contributed by atoms with van der Waals surface area (Å²) in [5, 5.41) is 0. The summed E-state index contributed by atoms with van der Waals surface area (Å²) < 4.78 is 9.00. The van der Waals surface area contributed by atoms with E-state index in [0.29, 0.717) is 6.29 Å². The first-order valence-electron chi connectivity index (χ1n) is 4.40. The van der Waals surface area contributed by atoms with Crippen molar-refractivity contribution in [3.63, 3.8) is 0 Å². The molecule has 0 aliphatic carbocycles. The first-order valence-corrected chi connectivity index (χ1v) is 4.40. The Bertz CT molecular complexity index is 436. The van der Waals surface area contributed by atoms with Gasteiger partial charge < -0.3 is 9.47 Å². The van der Waals surface area contributed by atoms with E-state index in [2.05, 4.69) is 9.47 Å². The smallest absolute Gasteiger partial charge is 0.338 e. The van der Waals surface area contributed by atoms with Gasteiger partial charge in [-0.1, -0.05) is 0 Å². The summed E-state index contributed by atoms with van der Waals surface area (Å²) in [6.45, 7) is 0. The largest absolute Gasteiger partial charge is 0.465 e. The van der Waals surface area contributed by atoms with Gasteiger partial charge in [0.1, 0.15) is 0 Å². The maximum Gasteiger partial charge on any atom is 0.338 e. The maximum absolute atomic E-state index is 11.3. The molecule has 0 fully saturated rings. The van der Waals surface area contributed by atoms with Gasteiger partial charge in [-0.25, -0.2) is 9.59 Å². The molecule has 0 heterocycles. The molecule has 1 aromatic rings. The fourth-order valence-electron chi connectivity index (χ4n) is 1.19. The zero-order chi connectivity index (χ0) is 12.1. The van der Waals surface area contributed by atoms with E-state index >= 15 is 0 Å². The summed E-state index contributed by atoms with van der Waals surface area (Å²) in [5.74, 6) is -1.25. The van der Waals surface area contributed by atoms with E-state index in [1.165, 1.54) is 32.4 Å². The van der Waals surface area contributed by atoms with Gasteiger partial charge in [-0.3, -0.25) is 4.79 Å². The number of hydrogen-bond donors (Lipinski definition) is 0. The van der Waals surface area contributed by atoms with Crippen molar-refractivity contribution in [3.8, 4) is 0 Å². The van der Waals surface area contributed by atoms with E-state index in [4.69, 9.17) is 0 Å². The molecule has 0 aliphatic rings. The molecule has 0 aliphatic heterocycles. The van der Waals surface area contributed by atoms with Crippen LogP contribution in [0.2, 0.25) is 0 Å². The van der Waals surface area contributed by atoms with Crippen LogP contribution < -0.4 is 0 Å². The number of esters is 2. The summed E-state index contributed by atoms with van der Waals surface area (Å²) in [6, 6.07) is 4.04. The Labute approximate surface area is 92.0 Å². The van der Waals surface area contributed by atoms with Crippen molar-refractivity contribution in [2.75, 3.05) is 14.2 Å². The number of rotatable bonds is 3. The number of hydrogen-bond acceptors (Lipinski definition) is 5. The minimum atomic E-state index is -0.673. The molecular weight excluding hydrogens is 212 g/mol. The zero-order valence-corrected chi connectivity index (χ0v) is 8.85. The van der Waals surface area contributed by atoms with E-state index in [9.17, 15) is 14.4 Å². The molecule has 0 saturated heterocycles. The number of aldehydes is 1. The SMILES string of the molecule is COC(=O)c1ccc(C=O)c(C(=O)OC)c1. The van der Waals surface area contributed by atoms with Crippen LogP contribution in [0.15, 0.2) is 18.2 Å². The van der Waals surface area contributed by atoms with Gasteiger partial charge in [0.2, 0.25) is 0 Å². The molecule has 0 atom stereocenters. The average molecular weight is 222 g/mol. The number of ether oxygens (including phenoxy) is 2. The topological polar surface area (TPSA) is 69.7 Å². The standard InChI is InChI=1S/C11H10O5/c1-15-10(13)7-3-4-8(6-12)9(5-7)11(14)16-2/h3-6H,1-2H3. The first kappa shape index (κ1) is 11.9. The molecule has 0 unspecified atom stereocenters. The minimum absolute atomic E-state index is 0.0420. The average Bonchev–Trinajstić information content (AvgIpc) is 2.35. The monoisotopic (exact) mass is 222 g/mol. The summed E-state index contributed by atoms with van der Waals surface area (Å²) in [7, 11) is 2.43. The van der Waals surface area contributed by atoms with E-state index in [1.54, 1.807) is 0 Å². The lowest BCUT2D eigenvalue weighted by molar-refractivity contribution is 0.0597. The van der Waals surface area contributed by atoms with Gasteiger partial charge in [0.05, 0.1) is 25.3 Å². The minimum Gasteiger partial charge on any atom is -0.465 e. The summed E-state index contributed by atoms with van der Waals surface area (Å²) in [6.07, 6.45) is 0.521. The molecule has 5 nitrogen and oxygen atoms in total. The second-order valence-corrected chi connectivity index (χ2v) is 2.90. The number of benzene rings is 1. The summed E-state index contributed by atoms with van der Waals surface area (Å²) >= 11 is 0. The Balaban J connectivity index is 3.26. The van der Waals surface area contributed by atoms with Gasteiger partial charge >= 0.3 is 11.9 Å². The molecule has 0 amide bonds. The predicted molar refractivity (Wildman–Crippen MR) is 54.5 cm³/mol. The number of carbonyl (C=O) groups is 3. The zero-order valence-electron chi connectivity index (χ0n) is 8.85. The second-order valence-electron chi connectivity index (χ2n) is 2.90. The van der Waals surface area contributed by atoms with Crippen LogP contribution in [0.4, 0.5) is 0 Å². The van der Waals surface area contributed by atoms with Crippen molar-refractivity contribution in [1.82, 2.24) is 0 Å². The van der Waals surface area contributed by atoms with E-state index < -0.39 is 11.9 Å². The highest BCUT2D eigenvalue weighted by atomic mass is 16.5. The Hall–Kier alpha value is -2.17.